The van der Waals surface area contributed by atoms with Crippen molar-refractivity contribution >= 4 is 17.7 Å². The summed E-state index contributed by atoms with van der Waals surface area (Å²) in [6, 6.07) is 7.79. The molecule has 7 nitrogen and oxygen atoms in total. The Bertz CT molecular complexity index is 1010. The fraction of sp³-hybridized carbons (Fsp3) is 0.593. The van der Waals surface area contributed by atoms with Crippen LogP contribution in [0.15, 0.2) is 24.3 Å². The molecule has 0 unspecified atom stereocenters. The van der Waals surface area contributed by atoms with Gasteiger partial charge in [0, 0.05) is 44.7 Å². The van der Waals surface area contributed by atoms with Crippen LogP contribution in [0.25, 0.3) is 0 Å². The van der Waals surface area contributed by atoms with Crippen LogP contribution < -0.4 is 14.5 Å². The van der Waals surface area contributed by atoms with Crippen molar-refractivity contribution in [2.75, 3.05) is 49.6 Å². The average Bonchev–Trinajstić information content (AvgIpc) is 2.88. The molecule has 5 rings (SSSR count). The van der Waals surface area contributed by atoms with Crippen molar-refractivity contribution in [2.45, 2.75) is 58.4 Å². The summed E-state index contributed by atoms with van der Waals surface area (Å²) < 4.78 is 5.33. The monoisotopic (exact) mass is 463 g/mol. The first kappa shape index (κ1) is 22.9. The molecule has 0 radical (unpaired) electrons. The molecular weight excluding hydrogens is 426 g/mol. The van der Waals surface area contributed by atoms with E-state index in [0.717, 1.165) is 72.9 Å². The van der Waals surface area contributed by atoms with Crippen LogP contribution in [0.1, 0.15) is 55.8 Å². The second kappa shape index (κ2) is 10.2. The van der Waals surface area contributed by atoms with Crippen molar-refractivity contribution in [3.8, 4) is 5.75 Å². The summed E-state index contributed by atoms with van der Waals surface area (Å²) in [7, 11) is 1.66. The number of rotatable bonds is 5. The Morgan fingerprint density at radius 3 is 2.59 bits per heavy atom. The maximum Gasteiger partial charge on any atom is 0.227 e. The predicted octanol–water partition coefficient (Wildman–Crippen LogP) is 3.84. The zero-order valence-corrected chi connectivity index (χ0v) is 20.6. The van der Waals surface area contributed by atoms with E-state index in [0.29, 0.717) is 19.5 Å². The maximum absolute atomic E-state index is 13.2. The number of amides is 1. The van der Waals surface area contributed by atoms with Crippen molar-refractivity contribution in [3.05, 3.63) is 41.1 Å². The summed E-state index contributed by atoms with van der Waals surface area (Å²) in [6.07, 6.45) is 7.27. The highest BCUT2D eigenvalue weighted by Gasteiger charge is 2.30. The van der Waals surface area contributed by atoms with Crippen molar-refractivity contribution in [1.29, 1.82) is 0 Å². The minimum atomic E-state index is 0.151. The Labute approximate surface area is 203 Å². The molecule has 1 aromatic carbocycles. The molecule has 34 heavy (non-hydrogen) atoms. The van der Waals surface area contributed by atoms with Crippen LogP contribution in [0, 0.1) is 5.92 Å². The van der Waals surface area contributed by atoms with Gasteiger partial charge in [-0.1, -0.05) is 19.1 Å². The van der Waals surface area contributed by atoms with E-state index in [1.54, 1.807) is 7.11 Å². The lowest BCUT2D eigenvalue weighted by molar-refractivity contribution is -0.131. The topological polar surface area (TPSA) is 61.8 Å². The van der Waals surface area contributed by atoms with Gasteiger partial charge >= 0.3 is 0 Å². The normalized spacial score (nSPS) is 19.2. The highest BCUT2D eigenvalue weighted by atomic mass is 16.5. The molecule has 182 valence electrons. The largest absolute Gasteiger partial charge is 0.497 e. The number of nitrogens with zero attached hydrogens (tertiary/aromatic N) is 5. The quantitative estimate of drug-likeness (QED) is 0.672. The lowest BCUT2D eigenvalue weighted by Gasteiger charge is -2.36. The fourth-order valence-electron chi connectivity index (χ4n) is 5.38. The first-order valence-corrected chi connectivity index (χ1v) is 12.9. The number of aromatic nitrogens is 2. The molecule has 7 heteroatoms. The molecule has 0 spiro atoms. The number of fused-ring (bicyclic) bond motifs is 1. The third-order valence-corrected chi connectivity index (χ3v) is 7.59. The third-order valence-electron chi connectivity index (χ3n) is 7.59. The van der Waals surface area contributed by atoms with Gasteiger partial charge in [-0.3, -0.25) is 4.79 Å². The molecule has 3 aliphatic heterocycles. The Hall–Kier alpha value is -2.83. The van der Waals surface area contributed by atoms with Gasteiger partial charge in [-0.15, -0.1) is 0 Å². The average molecular weight is 464 g/mol. The molecule has 0 N–H and O–H groups in total. The number of piperidine rings is 2. The molecule has 2 aromatic rings. The lowest BCUT2D eigenvalue weighted by atomic mass is 9.99. The summed E-state index contributed by atoms with van der Waals surface area (Å²) in [6.45, 7) is 7.79. The molecule has 2 fully saturated rings. The molecule has 1 amide bonds. The van der Waals surface area contributed by atoms with Gasteiger partial charge in [0.2, 0.25) is 11.9 Å². The number of ether oxygens (including phenoxy) is 1. The highest BCUT2D eigenvalue weighted by molar-refractivity contribution is 5.79. The van der Waals surface area contributed by atoms with E-state index in [9.17, 15) is 4.79 Å². The van der Waals surface area contributed by atoms with Crippen LogP contribution >= 0.6 is 0 Å². The second-order valence-corrected chi connectivity index (χ2v) is 10.1. The molecule has 0 atom stereocenters. The summed E-state index contributed by atoms with van der Waals surface area (Å²) in [4.78, 5) is 30.2. The second-order valence-electron chi connectivity index (χ2n) is 10.1. The smallest absolute Gasteiger partial charge is 0.227 e. The van der Waals surface area contributed by atoms with Crippen molar-refractivity contribution < 1.29 is 9.53 Å². The van der Waals surface area contributed by atoms with E-state index >= 15 is 0 Å². The number of hydrogen-bond donors (Lipinski definition) is 0. The number of methoxy groups -OCH3 is 1. The molecule has 1 aromatic heterocycles. The summed E-state index contributed by atoms with van der Waals surface area (Å²) in [5.74, 6) is 3.67. The minimum Gasteiger partial charge on any atom is -0.497 e. The summed E-state index contributed by atoms with van der Waals surface area (Å²) >= 11 is 0. The maximum atomic E-state index is 13.2. The Morgan fingerprint density at radius 2 is 1.82 bits per heavy atom. The molecule has 0 bridgehead atoms. The zero-order valence-electron chi connectivity index (χ0n) is 20.6. The van der Waals surface area contributed by atoms with Crippen molar-refractivity contribution in [1.82, 2.24) is 14.9 Å². The minimum absolute atomic E-state index is 0.151. The van der Waals surface area contributed by atoms with Crippen molar-refractivity contribution in [2.24, 2.45) is 5.92 Å². The van der Waals surface area contributed by atoms with Crippen LogP contribution in [-0.4, -0.2) is 60.6 Å². The van der Waals surface area contributed by atoms with E-state index in [1.165, 1.54) is 32.1 Å². The van der Waals surface area contributed by atoms with Crippen LogP contribution in [0.2, 0.25) is 0 Å². The molecule has 2 saturated heterocycles. The molecule has 4 heterocycles. The number of carbonyl (C=O) groups is 1. The summed E-state index contributed by atoms with van der Waals surface area (Å²) in [5.41, 5.74) is 3.27. The molecule has 0 aliphatic carbocycles. The van der Waals surface area contributed by atoms with Gasteiger partial charge < -0.3 is 19.4 Å². The lowest BCUT2D eigenvalue weighted by Crippen LogP contribution is -2.41. The number of carbonyl (C=O) groups excluding carboxylic acids is 1. The predicted molar refractivity (Wildman–Crippen MR) is 135 cm³/mol. The zero-order chi connectivity index (χ0) is 23.5. The molecular formula is C27H37N5O2. The van der Waals surface area contributed by atoms with Gasteiger partial charge in [0.05, 0.1) is 25.8 Å². The van der Waals surface area contributed by atoms with Crippen LogP contribution in [0.3, 0.4) is 0 Å². The molecule has 0 saturated carbocycles. The van der Waals surface area contributed by atoms with Gasteiger partial charge in [-0.25, -0.2) is 4.98 Å². The molecule has 3 aliphatic rings. The van der Waals surface area contributed by atoms with E-state index in [2.05, 4.69) is 16.7 Å². The van der Waals surface area contributed by atoms with Gasteiger partial charge in [0.25, 0.3) is 0 Å². The number of hydrogen-bond acceptors (Lipinski definition) is 6. The fourth-order valence-corrected chi connectivity index (χ4v) is 5.38. The van der Waals surface area contributed by atoms with E-state index in [-0.39, 0.29) is 5.91 Å². The first-order chi connectivity index (χ1) is 16.6. The van der Waals surface area contributed by atoms with E-state index in [1.807, 2.05) is 29.2 Å². The van der Waals surface area contributed by atoms with Gasteiger partial charge in [0.15, 0.2) is 0 Å². The van der Waals surface area contributed by atoms with Crippen LogP contribution in [-0.2, 0) is 24.2 Å². The first-order valence-electron chi connectivity index (χ1n) is 12.9. The third kappa shape index (κ3) is 4.98. The van der Waals surface area contributed by atoms with Gasteiger partial charge in [0.1, 0.15) is 11.6 Å². The van der Waals surface area contributed by atoms with Gasteiger partial charge in [-0.05, 0) is 55.7 Å². The van der Waals surface area contributed by atoms with E-state index < -0.39 is 0 Å². The number of benzene rings is 1. The Morgan fingerprint density at radius 1 is 1.03 bits per heavy atom. The Kier molecular flexibility index (Phi) is 6.88. The highest BCUT2D eigenvalue weighted by Crippen LogP contribution is 2.32. The van der Waals surface area contributed by atoms with Crippen LogP contribution in [0.4, 0.5) is 11.8 Å². The van der Waals surface area contributed by atoms with Gasteiger partial charge in [-0.2, -0.15) is 4.98 Å². The van der Waals surface area contributed by atoms with E-state index in [4.69, 9.17) is 14.7 Å². The SMILES string of the molecule is COc1cccc(CC(=O)N2CCc3nc(N4CCC(C)CC4)nc(N4CCCCC4)c3C2)c1. The standard InChI is InChI=1S/C27H37N5O2/c1-20-9-14-31(15-10-20)27-28-24-11-16-32(25(33)18-21-7-6-8-22(17-21)34-2)19-23(24)26(29-27)30-12-4-3-5-13-30/h6-8,17,20H,3-5,9-16,18-19H2,1-2H3. The Balaban J connectivity index is 1.39. The van der Waals surface area contributed by atoms with Crippen LogP contribution in [0.5, 0.6) is 5.75 Å². The number of anilines is 2. The van der Waals surface area contributed by atoms with Crippen molar-refractivity contribution in [3.63, 3.8) is 0 Å². The summed E-state index contributed by atoms with van der Waals surface area (Å²) in [5, 5.41) is 0.